The highest BCUT2D eigenvalue weighted by Gasteiger charge is 2.43. The van der Waals surface area contributed by atoms with Crippen molar-refractivity contribution in [1.29, 1.82) is 0 Å². The minimum atomic E-state index is -0.608. The lowest BCUT2D eigenvalue weighted by atomic mass is 10.0. The Hall–Kier alpha value is -2.63. The first kappa shape index (κ1) is 22.1. The van der Waals surface area contributed by atoms with E-state index >= 15 is 0 Å². The summed E-state index contributed by atoms with van der Waals surface area (Å²) in [6.45, 7) is 4.36. The Morgan fingerprint density at radius 1 is 1.13 bits per heavy atom. The SMILES string of the molecule is CC[C@@H](C)C(=O)N[C@H]1C/C=C\C[C@H]2CC[C@@H](C(=O)NCCc3ccccc3)N2C1=O. The molecule has 4 atom stereocenters. The molecule has 2 N–H and O–H groups in total. The van der Waals surface area contributed by atoms with Crippen LogP contribution in [0.4, 0.5) is 0 Å². The van der Waals surface area contributed by atoms with Gasteiger partial charge in [-0.05, 0) is 44.1 Å². The number of nitrogens with one attached hydrogen (secondary N) is 2. The Kier molecular flexibility index (Phi) is 7.66. The number of carbonyl (C=O) groups excluding carboxylic acids is 3. The molecule has 162 valence electrons. The Morgan fingerprint density at radius 2 is 1.87 bits per heavy atom. The number of benzene rings is 1. The van der Waals surface area contributed by atoms with Gasteiger partial charge in [0.05, 0.1) is 0 Å². The van der Waals surface area contributed by atoms with Crippen LogP contribution in [-0.4, -0.2) is 47.3 Å². The van der Waals surface area contributed by atoms with Crippen molar-refractivity contribution in [2.24, 2.45) is 5.92 Å². The van der Waals surface area contributed by atoms with E-state index in [4.69, 9.17) is 0 Å². The molecule has 0 aromatic heterocycles. The van der Waals surface area contributed by atoms with E-state index in [2.05, 4.69) is 16.7 Å². The lowest BCUT2D eigenvalue weighted by molar-refractivity contribution is -0.143. The van der Waals surface area contributed by atoms with E-state index in [0.29, 0.717) is 19.4 Å². The summed E-state index contributed by atoms with van der Waals surface area (Å²) < 4.78 is 0. The van der Waals surface area contributed by atoms with Crippen molar-refractivity contribution < 1.29 is 14.4 Å². The molecule has 1 aromatic carbocycles. The van der Waals surface area contributed by atoms with E-state index in [1.165, 1.54) is 5.56 Å². The molecule has 1 saturated heterocycles. The van der Waals surface area contributed by atoms with E-state index in [0.717, 1.165) is 25.7 Å². The van der Waals surface area contributed by atoms with Crippen molar-refractivity contribution in [3.63, 3.8) is 0 Å². The Morgan fingerprint density at radius 3 is 2.60 bits per heavy atom. The van der Waals surface area contributed by atoms with Gasteiger partial charge in [0.25, 0.3) is 0 Å². The van der Waals surface area contributed by atoms with Crippen LogP contribution in [0.15, 0.2) is 42.5 Å². The van der Waals surface area contributed by atoms with Crippen molar-refractivity contribution in [2.45, 2.75) is 70.5 Å². The first-order valence-corrected chi connectivity index (χ1v) is 11.1. The molecule has 3 amide bonds. The maximum atomic E-state index is 13.3. The van der Waals surface area contributed by atoms with Crippen LogP contribution in [0.3, 0.4) is 0 Å². The van der Waals surface area contributed by atoms with E-state index in [1.54, 1.807) is 4.90 Å². The van der Waals surface area contributed by atoms with Crippen molar-refractivity contribution >= 4 is 17.7 Å². The molecule has 0 saturated carbocycles. The summed E-state index contributed by atoms with van der Waals surface area (Å²) >= 11 is 0. The van der Waals surface area contributed by atoms with Crippen molar-refractivity contribution in [3.8, 4) is 0 Å². The van der Waals surface area contributed by atoms with Crippen LogP contribution in [-0.2, 0) is 20.8 Å². The fourth-order valence-electron chi connectivity index (χ4n) is 4.18. The molecule has 30 heavy (non-hydrogen) atoms. The van der Waals surface area contributed by atoms with Gasteiger partial charge in [-0.25, -0.2) is 0 Å². The Labute approximate surface area is 179 Å². The number of carbonyl (C=O) groups is 3. The molecule has 0 unspecified atom stereocenters. The third-order valence-electron chi connectivity index (χ3n) is 6.24. The number of rotatable bonds is 7. The lowest BCUT2D eigenvalue weighted by Crippen LogP contribution is -2.56. The molecule has 6 heteroatoms. The monoisotopic (exact) mass is 411 g/mol. The number of amides is 3. The summed E-state index contributed by atoms with van der Waals surface area (Å²) in [5.74, 6) is -0.483. The fourth-order valence-corrected chi connectivity index (χ4v) is 4.18. The van der Waals surface area contributed by atoms with Gasteiger partial charge in [0.1, 0.15) is 12.1 Å². The third kappa shape index (κ3) is 5.29. The average Bonchev–Trinajstić information content (AvgIpc) is 3.17. The summed E-state index contributed by atoms with van der Waals surface area (Å²) in [4.78, 5) is 40.4. The first-order chi connectivity index (χ1) is 14.5. The Balaban J connectivity index is 1.65. The van der Waals surface area contributed by atoms with Crippen LogP contribution < -0.4 is 10.6 Å². The summed E-state index contributed by atoms with van der Waals surface area (Å²) in [6, 6.07) is 8.96. The summed E-state index contributed by atoms with van der Waals surface area (Å²) in [5, 5.41) is 5.92. The second-order valence-corrected chi connectivity index (χ2v) is 8.33. The zero-order chi connectivity index (χ0) is 21.5. The normalized spacial score (nSPS) is 25.6. The van der Waals surface area contributed by atoms with Crippen LogP contribution in [0.25, 0.3) is 0 Å². The molecule has 0 bridgehead atoms. The van der Waals surface area contributed by atoms with Gasteiger partial charge in [0.15, 0.2) is 0 Å². The summed E-state index contributed by atoms with van der Waals surface area (Å²) in [5.41, 5.74) is 1.17. The molecule has 6 nitrogen and oxygen atoms in total. The molecule has 2 aliphatic rings. The van der Waals surface area contributed by atoms with E-state index in [9.17, 15) is 14.4 Å². The van der Waals surface area contributed by atoms with Crippen LogP contribution in [0.1, 0.15) is 51.5 Å². The number of fused-ring (bicyclic) bond motifs is 1. The molecular weight excluding hydrogens is 378 g/mol. The van der Waals surface area contributed by atoms with Crippen molar-refractivity contribution in [3.05, 3.63) is 48.0 Å². The van der Waals surface area contributed by atoms with E-state index in [1.807, 2.05) is 50.3 Å². The quantitative estimate of drug-likeness (QED) is 0.677. The zero-order valence-electron chi connectivity index (χ0n) is 18.0. The maximum Gasteiger partial charge on any atom is 0.246 e. The first-order valence-electron chi connectivity index (χ1n) is 11.1. The van der Waals surface area contributed by atoms with Crippen LogP contribution in [0.2, 0.25) is 0 Å². The molecule has 0 aliphatic carbocycles. The van der Waals surface area contributed by atoms with Crippen LogP contribution >= 0.6 is 0 Å². The molecule has 0 radical (unpaired) electrons. The van der Waals surface area contributed by atoms with Crippen LogP contribution in [0, 0.1) is 5.92 Å². The second kappa shape index (κ2) is 10.4. The number of nitrogens with zero attached hydrogens (tertiary/aromatic N) is 1. The Bertz CT molecular complexity index is 777. The highest BCUT2D eigenvalue weighted by atomic mass is 16.2. The van der Waals surface area contributed by atoms with Gasteiger partial charge in [-0.3, -0.25) is 14.4 Å². The fraction of sp³-hybridized carbons (Fsp3) is 0.542. The van der Waals surface area contributed by atoms with Gasteiger partial charge in [-0.2, -0.15) is 0 Å². The minimum absolute atomic E-state index is 0.0157. The van der Waals surface area contributed by atoms with Crippen molar-refractivity contribution in [1.82, 2.24) is 15.5 Å². The van der Waals surface area contributed by atoms with Gasteiger partial charge in [-0.1, -0.05) is 56.3 Å². The van der Waals surface area contributed by atoms with Crippen LogP contribution in [0.5, 0.6) is 0 Å². The second-order valence-electron chi connectivity index (χ2n) is 8.33. The molecular formula is C24H33N3O3. The molecule has 1 fully saturated rings. The number of hydrogen-bond acceptors (Lipinski definition) is 3. The minimum Gasteiger partial charge on any atom is -0.354 e. The lowest BCUT2D eigenvalue weighted by Gasteiger charge is -2.34. The standard InChI is InChI=1S/C24H33N3O3/c1-3-17(2)22(28)26-20-12-8-7-11-19-13-14-21(27(19)24(20)30)23(29)25-16-15-18-9-5-4-6-10-18/h4-10,17,19-21H,3,11-16H2,1-2H3,(H,25,29)(H,26,28)/b8-7-/t17-,19+,20+,21+/m1/s1. The predicted molar refractivity (Wildman–Crippen MR) is 117 cm³/mol. The molecule has 1 aromatic rings. The topological polar surface area (TPSA) is 78.5 Å². The molecule has 0 spiro atoms. The number of hydrogen-bond donors (Lipinski definition) is 2. The molecule has 2 heterocycles. The summed E-state index contributed by atoms with van der Waals surface area (Å²) in [7, 11) is 0. The molecule has 3 rings (SSSR count). The highest BCUT2D eigenvalue weighted by Crippen LogP contribution is 2.29. The zero-order valence-corrected chi connectivity index (χ0v) is 18.0. The van der Waals surface area contributed by atoms with Crippen molar-refractivity contribution in [2.75, 3.05) is 6.54 Å². The van der Waals surface area contributed by atoms with E-state index in [-0.39, 0.29) is 29.7 Å². The van der Waals surface area contributed by atoms with Gasteiger partial charge >= 0.3 is 0 Å². The van der Waals surface area contributed by atoms with Gasteiger partial charge < -0.3 is 15.5 Å². The third-order valence-corrected chi connectivity index (χ3v) is 6.24. The van der Waals surface area contributed by atoms with Gasteiger partial charge in [-0.15, -0.1) is 0 Å². The van der Waals surface area contributed by atoms with Gasteiger partial charge in [0, 0.05) is 18.5 Å². The average molecular weight is 412 g/mol. The smallest absolute Gasteiger partial charge is 0.246 e. The molecule has 2 aliphatic heterocycles. The van der Waals surface area contributed by atoms with Gasteiger partial charge in [0.2, 0.25) is 17.7 Å². The van der Waals surface area contributed by atoms with E-state index < -0.39 is 12.1 Å². The largest absolute Gasteiger partial charge is 0.354 e. The predicted octanol–water partition coefficient (Wildman–Crippen LogP) is 2.59. The summed E-state index contributed by atoms with van der Waals surface area (Å²) in [6.07, 6.45) is 8.21. The highest BCUT2D eigenvalue weighted by molar-refractivity contribution is 5.93. The maximum absolute atomic E-state index is 13.3.